The van der Waals surface area contributed by atoms with Crippen LogP contribution in [-0.2, 0) is 11.3 Å². The summed E-state index contributed by atoms with van der Waals surface area (Å²) in [5.41, 5.74) is 4.49. The van der Waals surface area contributed by atoms with Crippen LogP contribution in [0.15, 0.2) is 47.5 Å². The largest absolute Gasteiger partial charge is 0.492 e. The topological polar surface area (TPSA) is 74.8 Å². The van der Waals surface area contributed by atoms with Gasteiger partial charge in [-0.1, -0.05) is 29.8 Å². The van der Waals surface area contributed by atoms with Gasteiger partial charge in [0.2, 0.25) is 5.91 Å². The minimum absolute atomic E-state index is 0. The number of nitrogens with one attached hydrogen (secondary N) is 3. The molecule has 0 aliphatic rings. The van der Waals surface area contributed by atoms with E-state index in [1.807, 2.05) is 18.2 Å². The number of carbonyl (C=O) groups is 1. The summed E-state index contributed by atoms with van der Waals surface area (Å²) in [6.45, 7) is 7.49. The van der Waals surface area contributed by atoms with E-state index in [1.165, 1.54) is 23.6 Å². The molecule has 0 atom stereocenters. The van der Waals surface area contributed by atoms with Crippen molar-refractivity contribution in [2.45, 2.75) is 27.3 Å². The van der Waals surface area contributed by atoms with Gasteiger partial charge in [0.25, 0.3) is 0 Å². The normalized spacial score (nSPS) is 10.6. The molecule has 3 N–H and O–H groups in total. The number of rotatable bonds is 7. The second-order valence-corrected chi connectivity index (χ2v) is 6.34. The highest BCUT2D eigenvalue weighted by molar-refractivity contribution is 14.0. The number of guanidine groups is 1. The number of aliphatic imine (C=N–C) groups is 1. The monoisotopic (exact) mass is 496 g/mol. The maximum atomic E-state index is 11.1. The van der Waals surface area contributed by atoms with Gasteiger partial charge in [-0.15, -0.1) is 24.0 Å². The van der Waals surface area contributed by atoms with E-state index >= 15 is 0 Å². The highest BCUT2D eigenvalue weighted by Crippen LogP contribution is 2.17. The molecule has 28 heavy (non-hydrogen) atoms. The molecule has 2 aromatic rings. The molecule has 7 heteroatoms. The Morgan fingerprint density at radius 3 is 2.57 bits per heavy atom. The van der Waals surface area contributed by atoms with Crippen molar-refractivity contribution in [1.29, 1.82) is 0 Å². The van der Waals surface area contributed by atoms with E-state index in [-0.39, 0.29) is 29.9 Å². The van der Waals surface area contributed by atoms with Gasteiger partial charge in [0.15, 0.2) is 5.96 Å². The molecule has 6 nitrogen and oxygen atoms in total. The Kier molecular flexibility index (Phi) is 10.4. The third-order valence-electron chi connectivity index (χ3n) is 3.99. The van der Waals surface area contributed by atoms with Gasteiger partial charge < -0.3 is 20.7 Å². The van der Waals surface area contributed by atoms with E-state index in [0.29, 0.717) is 25.4 Å². The van der Waals surface area contributed by atoms with Crippen LogP contribution in [0.2, 0.25) is 0 Å². The standard InChI is InChI=1S/C21H28N4O2.HI/c1-15-8-9-18(16(2)12-15)14-24-21(22-4)23-10-11-27-20-7-5-6-19(13-20)25-17(3)26;/h5-9,12-13H,10-11,14H2,1-4H3,(H,25,26)(H2,22,23,24);1H. The first kappa shape index (κ1) is 23.7. The lowest BCUT2D eigenvalue weighted by atomic mass is 10.1. The first-order valence-corrected chi connectivity index (χ1v) is 8.99. The van der Waals surface area contributed by atoms with Crippen molar-refractivity contribution in [3.05, 3.63) is 59.2 Å². The molecule has 0 bridgehead atoms. The lowest BCUT2D eigenvalue weighted by Crippen LogP contribution is -2.39. The second-order valence-electron chi connectivity index (χ2n) is 6.34. The van der Waals surface area contributed by atoms with Gasteiger partial charge in [-0.2, -0.15) is 0 Å². The first-order valence-electron chi connectivity index (χ1n) is 8.99. The summed E-state index contributed by atoms with van der Waals surface area (Å²) in [6, 6.07) is 13.8. The number of carbonyl (C=O) groups excluding carboxylic acids is 1. The highest BCUT2D eigenvalue weighted by Gasteiger charge is 2.02. The summed E-state index contributed by atoms with van der Waals surface area (Å²) in [4.78, 5) is 15.3. The third-order valence-corrected chi connectivity index (χ3v) is 3.99. The molecule has 0 aliphatic heterocycles. The molecule has 0 radical (unpaired) electrons. The van der Waals surface area contributed by atoms with Crippen LogP contribution in [0.3, 0.4) is 0 Å². The van der Waals surface area contributed by atoms with Crippen LogP contribution in [0, 0.1) is 13.8 Å². The zero-order valence-corrected chi connectivity index (χ0v) is 19.2. The summed E-state index contributed by atoms with van der Waals surface area (Å²) >= 11 is 0. The molecule has 0 aromatic heterocycles. The Hall–Kier alpha value is -2.29. The average Bonchev–Trinajstić information content (AvgIpc) is 2.62. The van der Waals surface area contributed by atoms with Crippen molar-refractivity contribution in [3.63, 3.8) is 0 Å². The van der Waals surface area contributed by atoms with Gasteiger partial charge in [-0.25, -0.2) is 0 Å². The predicted octanol–water partition coefficient (Wildman–Crippen LogP) is 3.62. The van der Waals surface area contributed by atoms with Crippen LogP contribution < -0.4 is 20.7 Å². The summed E-state index contributed by atoms with van der Waals surface area (Å²) in [5, 5.41) is 9.28. The summed E-state index contributed by atoms with van der Waals surface area (Å²) in [6.07, 6.45) is 0. The van der Waals surface area contributed by atoms with E-state index in [2.05, 4.69) is 53.0 Å². The minimum Gasteiger partial charge on any atom is -0.492 e. The van der Waals surface area contributed by atoms with E-state index in [0.717, 1.165) is 11.6 Å². The van der Waals surface area contributed by atoms with Gasteiger partial charge in [-0.05, 0) is 37.1 Å². The van der Waals surface area contributed by atoms with Crippen LogP contribution in [-0.4, -0.2) is 32.1 Å². The number of hydrogen-bond donors (Lipinski definition) is 3. The van der Waals surface area contributed by atoms with Crippen molar-refractivity contribution in [1.82, 2.24) is 10.6 Å². The van der Waals surface area contributed by atoms with Crippen molar-refractivity contribution in [2.24, 2.45) is 4.99 Å². The summed E-state index contributed by atoms with van der Waals surface area (Å²) < 4.78 is 5.72. The smallest absolute Gasteiger partial charge is 0.221 e. The Morgan fingerprint density at radius 2 is 1.89 bits per heavy atom. The Bertz CT molecular complexity index is 809. The molecule has 0 spiro atoms. The molecule has 0 saturated heterocycles. The van der Waals surface area contributed by atoms with Gasteiger partial charge in [-0.3, -0.25) is 9.79 Å². The average molecular weight is 496 g/mol. The Labute approximate surface area is 184 Å². The quantitative estimate of drug-likeness (QED) is 0.237. The van der Waals surface area contributed by atoms with Gasteiger partial charge in [0, 0.05) is 32.3 Å². The SMILES string of the molecule is CN=C(NCCOc1cccc(NC(C)=O)c1)NCc1ccc(C)cc1C.I. The summed E-state index contributed by atoms with van der Waals surface area (Å²) in [5.74, 6) is 1.33. The molecular formula is C21H29IN4O2. The zero-order chi connectivity index (χ0) is 19.6. The maximum Gasteiger partial charge on any atom is 0.221 e. The number of benzene rings is 2. The number of hydrogen-bond acceptors (Lipinski definition) is 3. The fraction of sp³-hybridized carbons (Fsp3) is 0.333. The van der Waals surface area contributed by atoms with Crippen LogP contribution in [0.4, 0.5) is 5.69 Å². The van der Waals surface area contributed by atoms with Crippen molar-refractivity contribution in [2.75, 3.05) is 25.5 Å². The highest BCUT2D eigenvalue weighted by atomic mass is 127. The minimum atomic E-state index is -0.104. The molecule has 0 unspecified atom stereocenters. The number of amides is 1. The molecule has 0 fully saturated rings. The van der Waals surface area contributed by atoms with Crippen LogP contribution in [0.1, 0.15) is 23.6 Å². The Balaban J connectivity index is 0.00000392. The number of ether oxygens (including phenoxy) is 1. The lowest BCUT2D eigenvalue weighted by Gasteiger charge is -2.14. The Morgan fingerprint density at radius 1 is 1.11 bits per heavy atom. The molecule has 2 aromatic carbocycles. The fourth-order valence-corrected chi connectivity index (χ4v) is 2.65. The van der Waals surface area contributed by atoms with Crippen LogP contribution >= 0.6 is 24.0 Å². The molecule has 1 amide bonds. The third kappa shape index (κ3) is 8.16. The van der Waals surface area contributed by atoms with Crippen molar-refractivity contribution < 1.29 is 9.53 Å². The number of halogens is 1. The fourth-order valence-electron chi connectivity index (χ4n) is 2.65. The number of anilines is 1. The van der Waals surface area contributed by atoms with Gasteiger partial charge in [0.05, 0.1) is 6.54 Å². The molecule has 2 rings (SSSR count). The first-order chi connectivity index (χ1) is 13.0. The number of aryl methyl sites for hydroxylation is 2. The molecule has 152 valence electrons. The summed E-state index contributed by atoms with van der Waals surface area (Å²) in [7, 11) is 1.75. The lowest BCUT2D eigenvalue weighted by molar-refractivity contribution is -0.114. The van der Waals surface area contributed by atoms with E-state index in [9.17, 15) is 4.79 Å². The molecular weight excluding hydrogens is 467 g/mol. The van der Waals surface area contributed by atoms with Gasteiger partial charge in [0.1, 0.15) is 12.4 Å². The molecule has 0 aliphatic carbocycles. The van der Waals surface area contributed by atoms with E-state index in [1.54, 1.807) is 13.1 Å². The van der Waals surface area contributed by atoms with Gasteiger partial charge >= 0.3 is 0 Å². The predicted molar refractivity (Wildman–Crippen MR) is 126 cm³/mol. The second kappa shape index (κ2) is 12.2. The molecule has 0 heterocycles. The maximum absolute atomic E-state index is 11.1. The molecule has 0 saturated carbocycles. The van der Waals surface area contributed by atoms with Crippen molar-refractivity contribution >= 4 is 41.5 Å². The van der Waals surface area contributed by atoms with E-state index in [4.69, 9.17) is 4.74 Å². The van der Waals surface area contributed by atoms with Crippen LogP contribution in [0.5, 0.6) is 5.75 Å². The number of nitrogens with zero attached hydrogens (tertiary/aromatic N) is 1. The zero-order valence-electron chi connectivity index (χ0n) is 16.8. The van der Waals surface area contributed by atoms with E-state index < -0.39 is 0 Å². The van der Waals surface area contributed by atoms with Crippen LogP contribution in [0.25, 0.3) is 0 Å². The van der Waals surface area contributed by atoms with Crippen molar-refractivity contribution in [3.8, 4) is 5.75 Å².